The van der Waals surface area contributed by atoms with E-state index in [4.69, 9.17) is 0 Å². The number of fused-ring (bicyclic) bond motifs is 1. The van der Waals surface area contributed by atoms with Crippen LogP contribution in [-0.2, 0) is 6.42 Å². The maximum Gasteiger partial charge on any atom is 0.258 e. The number of hydrogen-bond donors (Lipinski definition) is 1. The van der Waals surface area contributed by atoms with E-state index in [1.165, 1.54) is 0 Å². The normalized spacial score (nSPS) is 21.0. The molecule has 0 bridgehead atoms. The van der Waals surface area contributed by atoms with Gasteiger partial charge >= 0.3 is 0 Å². The lowest BCUT2D eigenvalue weighted by molar-refractivity contribution is 0.0906. The fraction of sp³-hybridized carbons (Fsp3) is 0.278. The summed E-state index contributed by atoms with van der Waals surface area (Å²) in [6, 6.07) is 15.1. The Labute approximate surface area is 124 Å². The Morgan fingerprint density at radius 3 is 2.52 bits per heavy atom. The van der Waals surface area contributed by atoms with Gasteiger partial charge in [0.1, 0.15) is 0 Å². The van der Waals surface area contributed by atoms with Crippen LogP contribution in [0.25, 0.3) is 0 Å². The number of para-hydroxylation sites is 1. The molecule has 3 heteroatoms. The highest BCUT2D eigenvalue weighted by molar-refractivity contribution is 6.07. The topological polar surface area (TPSA) is 40.5 Å². The van der Waals surface area contributed by atoms with Crippen molar-refractivity contribution in [1.82, 2.24) is 0 Å². The van der Waals surface area contributed by atoms with Crippen molar-refractivity contribution in [2.45, 2.75) is 32.4 Å². The molecule has 3 rings (SSSR count). The monoisotopic (exact) mass is 281 g/mol. The first-order valence-electron chi connectivity index (χ1n) is 7.24. The first-order chi connectivity index (χ1) is 10.1. The highest BCUT2D eigenvalue weighted by Crippen LogP contribution is 2.32. The van der Waals surface area contributed by atoms with Crippen LogP contribution in [0.3, 0.4) is 0 Å². The van der Waals surface area contributed by atoms with Crippen LogP contribution in [0.5, 0.6) is 0 Å². The lowest BCUT2D eigenvalue weighted by Gasteiger charge is -2.38. The molecule has 0 aromatic heterocycles. The number of benzene rings is 2. The van der Waals surface area contributed by atoms with Gasteiger partial charge in [0.25, 0.3) is 5.91 Å². The Morgan fingerprint density at radius 1 is 1.14 bits per heavy atom. The van der Waals surface area contributed by atoms with E-state index in [0.29, 0.717) is 12.0 Å². The molecule has 0 fully saturated rings. The van der Waals surface area contributed by atoms with E-state index in [2.05, 4.69) is 0 Å². The SMILES string of the molecule is Cc1ccc(C(=O)N2c3ccccc3C[C@H](O)[C@H]2C)cc1. The summed E-state index contributed by atoms with van der Waals surface area (Å²) in [6.45, 7) is 3.89. The predicted octanol–water partition coefficient (Wildman–Crippen LogP) is 2.95. The molecule has 0 unspecified atom stereocenters. The number of amides is 1. The maximum atomic E-state index is 12.8. The van der Waals surface area contributed by atoms with Gasteiger partial charge in [0.15, 0.2) is 0 Å². The van der Waals surface area contributed by atoms with Gasteiger partial charge in [-0.2, -0.15) is 0 Å². The summed E-state index contributed by atoms with van der Waals surface area (Å²) in [5.74, 6) is -0.0614. The molecule has 0 spiro atoms. The van der Waals surface area contributed by atoms with E-state index >= 15 is 0 Å². The van der Waals surface area contributed by atoms with Crippen molar-refractivity contribution in [2.24, 2.45) is 0 Å². The molecule has 1 aliphatic heterocycles. The van der Waals surface area contributed by atoms with Crippen LogP contribution in [-0.4, -0.2) is 23.2 Å². The van der Waals surface area contributed by atoms with E-state index in [1.54, 1.807) is 4.90 Å². The lowest BCUT2D eigenvalue weighted by atomic mass is 9.93. The molecule has 1 heterocycles. The summed E-state index contributed by atoms with van der Waals surface area (Å²) in [4.78, 5) is 14.6. The minimum atomic E-state index is -0.533. The third-order valence-corrected chi connectivity index (χ3v) is 4.16. The molecule has 1 N–H and O–H groups in total. The third kappa shape index (κ3) is 2.45. The average molecular weight is 281 g/mol. The second-order valence-corrected chi connectivity index (χ2v) is 5.68. The van der Waals surface area contributed by atoms with Crippen molar-refractivity contribution < 1.29 is 9.90 Å². The Kier molecular flexibility index (Phi) is 3.52. The van der Waals surface area contributed by atoms with Crippen molar-refractivity contribution in [3.05, 3.63) is 65.2 Å². The molecular weight excluding hydrogens is 262 g/mol. The molecular formula is C18H19NO2. The first-order valence-corrected chi connectivity index (χ1v) is 7.24. The second kappa shape index (κ2) is 5.34. The number of nitrogens with zero attached hydrogens (tertiary/aromatic N) is 1. The van der Waals surface area contributed by atoms with Crippen molar-refractivity contribution in [1.29, 1.82) is 0 Å². The summed E-state index contributed by atoms with van der Waals surface area (Å²) >= 11 is 0. The quantitative estimate of drug-likeness (QED) is 0.873. The van der Waals surface area contributed by atoms with E-state index in [0.717, 1.165) is 16.8 Å². The van der Waals surface area contributed by atoms with Crippen LogP contribution in [0.1, 0.15) is 28.4 Å². The molecule has 108 valence electrons. The highest BCUT2D eigenvalue weighted by Gasteiger charge is 2.34. The fourth-order valence-electron chi connectivity index (χ4n) is 2.84. The molecule has 0 saturated carbocycles. The molecule has 1 aliphatic rings. The average Bonchev–Trinajstić information content (AvgIpc) is 2.49. The van der Waals surface area contributed by atoms with Crippen LogP contribution in [0, 0.1) is 6.92 Å². The molecule has 0 radical (unpaired) electrons. The number of aliphatic hydroxyl groups is 1. The molecule has 1 amide bonds. The van der Waals surface area contributed by atoms with E-state index < -0.39 is 6.10 Å². The summed E-state index contributed by atoms with van der Waals surface area (Å²) in [5, 5.41) is 10.2. The van der Waals surface area contributed by atoms with Crippen LogP contribution in [0.4, 0.5) is 5.69 Å². The first kappa shape index (κ1) is 13.8. The Bertz CT molecular complexity index is 663. The number of carbonyl (C=O) groups is 1. The van der Waals surface area contributed by atoms with Crippen LogP contribution in [0.15, 0.2) is 48.5 Å². The smallest absolute Gasteiger partial charge is 0.258 e. The highest BCUT2D eigenvalue weighted by atomic mass is 16.3. The van der Waals surface area contributed by atoms with E-state index in [-0.39, 0.29) is 11.9 Å². The standard InChI is InChI=1S/C18H19NO2/c1-12-7-9-14(10-8-12)18(21)19-13(2)17(20)11-15-5-3-4-6-16(15)19/h3-10,13,17,20H,11H2,1-2H3/t13-,17+/m1/s1. The zero-order chi connectivity index (χ0) is 15.0. The minimum Gasteiger partial charge on any atom is -0.391 e. The third-order valence-electron chi connectivity index (χ3n) is 4.16. The van der Waals surface area contributed by atoms with Crippen LogP contribution < -0.4 is 4.90 Å². The summed E-state index contributed by atoms with van der Waals surface area (Å²) in [7, 11) is 0. The zero-order valence-electron chi connectivity index (χ0n) is 12.3. The Hall–Kier alpha value is -2.13. The predicted molar refractivity (Wildman–Crippen MR) is 83.6 cm³/mol. The van der Waals surface area contributed by atoms with E-state index in [1.807, 2.05) is 62.4 Å². The van der Waals surface area contributed by atoms with Crippen molar-refractivity contribution in [2.75, 3.05) is 4.90 Å². The fourth-order valence-corrected chi connectivity index (χ4v) is 2.84. The van der Waals surface area contributed by atoms with Gasteiger partial charge in [-0.15, -0.1) is 0 Å². The number of rotatable bonds is 1. The van der Waals surface area contributed by atoms with Gasteiger partial charge in [-0.25, -0.2) is 0 Å². The maximum absolute atomic E-state index is 12.8. The van der Waals surface area contributed by atoms with Gasteiger partial charge in [0, 0.05) is 17.7 Å². The number of aliphatic hydroxyl groups excluding tert-OH is 1. The zero-order valence-corrected chi connectivity index (χ0v) is 12.3. The lowest BCUT2D eigenvalue weighted by Crippen LogP contribution is -2.49. The number of carbonyl (C=O) groups excluding carboxylic acids is 1. The Morgan fingerprint density at radius 2 is 1.81 bits per heavy atom. The Balaban J connectivity index is 2.03. The largest absolute Gasteiger partial charge is 0.391 e. The van der Waals surface area contributed by atoms with Gasteiger partial charge in [0.2, 0.25) is 0 Å². The van der Waals surface area contributed by atoms with Gasteiger partial charge in [-0.3, -0.25) is 4.79 Å². The van der Waals surface area contributed by atoms with Crippen molar-refractivity contribution in [3.63, 3.8) is 0 Å². The summed E-state index contributed by atoms with van der Waals surface area (Å²) in [6.07, 6.45) is 0.0592. The van der Waals surface area contributed by atoms with Crippen LogP contribution >= 0.6 is 0 Å². The second-order valence-electron chi connectivity index (χ2n) is 5.68. The number of anilines is 1. The van der Waals surface area contributed by atoms with Crippen LogP contribution in [0.2, 0.25) is 0 Å². The number of hydrogen-bond acceptors (Lipinski definition) is 2. The van der Waals surface area contributed by atoms with Crippen molar-refractivity contribution >= 4 is 11.6 Å². The molecule has 3 nitrogen and oxygen atoms in total. The molecule has 2 atom stereocenters. The number of aryl methyl sites for hydroxylation is 1. The molecule has 2 aromatic carbocycles. The van der Waals surface area contributed by atoms with Gasteiger partial charge in [-0.05, 0) is 37.6 Å². The molecule has 2 aromatic rings. The van der Waals surface area contributed by atoms with Gasteiger partial charge < -0.3 is 10.0 Å². The van der Waals surface area contributed by atoms with Gasteiger partial charge in [0.05, 0.1) is 12.1 Å². The van der Waals surface area contributed by atoms with Gasteiger partial charge in [-0.1, -0.05) is 35.9 Å². The molecule has 21 heavy (non-hydrogen) atoms. The van der Waals surface area contributed by atoms with E-state index in [9.17, 15) is 9.90 Å². The minimum absolute atomic E-state index is 0.0614. The summed E-state index contributed by atoms with van der Waals surface area (Å²) in [5.41, 5.74) is 3.69. The molecule has 0 saturated heterocycles. The summed E-state index contributed by atoms with van der Waals surface area (Å²) < 4.78 is 0. The molecule has 0 aliphatic carbocycles. The van der Waals surface area contributed by atoms with Crippen molar-refractivity contribution in [3.8, 4) is 0 Å².